The van der Waals surface area contributed by atoms with Crippen LogP contribution in [0.25, 0.3) is 0 Å². The van der Waals surface area contributed by atoms with E-state index in [9.17, 15) is 14.4 Å². The highest BCUT2D eigenvalue weighted by Gasteiger charge is 2.36. The van der Waals surface area contributed by atoms with Crippen LogP contribution in [0.4, 0.5) is 0 Å². The number of carbonyl (C=O) groups excluding carboxylic acids is 3. The molecule has 156 valence electrons. The number of imide groups is 1. The Morgan fingerprint density at radius 3 is 2.40 bits per heavy atom. The third kappa shape index (κ3) is 3.45. The summed E-state index contributed by atoms with van der Waals surface area (Å²) in [4.78, 5) is 38.2. The zero-order valence-corrected chi connectivity index (χ0v) is 17.1. The average Bonchev–Trinajstić information content (AvgIpc) is 3.01. The molecule has 2 aromatic carbocycles. The first kappa shape index (κ1) is 20.1. The number of hydrogen-bond donors (Lipinski definition) is 1. The number of nitrogens with zero attached hydrogens (tertiary/aromatic N) is 1. The molecule has 0 radical (unpaired) electrons. The van der Waals surface area contributed by atoms with Crippen LogP contribution in [0.5, 0.6) is 5.75 Å². The first-order chi connectivity index (χ1) is 14.4. The summed E-state index contributed by atoms with van der Waals surface area (Å²) >= 11 is 0. The van der Waals surface area contributed by atoms with E-state index in [0.717, 1.165) is 29.1 Å². The Hall–Kier alpha value is -3.19. The van der Waals surface area contributed by atoms with Crippen molar-refractivity contribution in [1.29, 1.82) is 0 Å². The van der Waals surface area contributed by atoms with Crippen molar-refractivity contribution in [2.45, 2.75) is 18.3 Å². The van der Waals surface area contributed by atoms with Gasteiger partial charge in [-0.2, -0.15) is 0 Å². The number of rotatable bonds is 5. The Kier molecular flexibility index (Phi) is 5.30. The molecule has 0 aromatic heterocycles. The normalized spacial score (nSPS) is 17.6. The van der Waals surface area contributed by atoms with Crippen molar-refractivity contribution >= 4 is 17.7 Å². The summed E-state index contributed by atoms with van der Waals surface area (Å²) in [6.07, 6.45) is 1.59. The highest BCUT2D eigenvalue weighted by Crippen LogP contribution is 2.35. The minimum atomic E-state index is -0.385. The fourth-order valence-electron chi connectivity index (χ4n) is 4.13. The lowest BCUT2D eigenvalue weighted by molar-refractivity contribution is 0.0487. The smallest absolute Gasteiger partial charge is 0.261 e. The summed E-state index contributed by atoms with van der Waals surface area (Å²) in [5.41, 5.74) is 1.86. The maximum absolute atomic E-state index is 12.9. The predicted molar refractivity (Wildman–Crippen MR) is 110 cm³/mol. The summed E-state index contributed by atoms with van der Waals surface area (Å²) < 4.78 is 10.8. The van der Waals surface area contributed by atoms with Gasteiger partial charge in [0, 0.05) is 37.8 Å². The van der Waals surface area contributed by atoms with Gasteiger partial charge in [-0.1, -0.05) is 12.1 Å². The van der Waals surface area contributed by atoms with Gasteiger partial charge in [0.1, 0.15) is 5.75 Å². The lowest BCUT2D eigenvalue weighted by atomic mass is 9.74. The molecule has 1 N–H and O–H groups in total. The van der Waals surface area contributed by atoms with Crippen LogP contribution in [0.2, 0.25) is 0 Å². The Labute approximate surface area is 175 Å². The summed E-state index contributed by atoms with van der Waals surface area (Å²) in [6.45, 7) is 1.71. The number of hydrogen-bond acceptors (Lipinski definition) is 5. The van der Waals surface area contributed by atoms with Gasteiger partial charge in [-0.25, -0.2) is 0 Å². The maximum atomic E-state index is 12.9. The van der Waals surface area contributed by atoms with Gasteiger partial charge in [-0.05, 0) is 48.7 Å². The number of nitrogens with one attached hydrogen (secondary N) is 1. The quantitative estimate of drug-likeness (QED) is 0.768. The largest absolute Gasteiger partial charge is 0.497 e. The van der Waals surface area contributed by atoms with E-state index in [4.69, 9.17) is 9.47 Å². The second-order valence-electron chi connectivity index (χ2n) is 7.73. The summed E-state index contributed by atoms with van der Waals surface area (Å²) in [5, 5.41) is 3.03. The van der Waals surface area contributed by atoms with Crippen LogP contribution in [0, 0.1) is 0 Å². The van der Waals surface area contributed by atoms with E-state index in [1.165, 1.54) is 13.1 Å². The standard InChI is InChI=1S/C23H24N2O5/c1-25-21(27)18-8-3-15(13-19(18)22(25)28)20(26)24-14-23(9-11-30-12-10-23)16-4-6-17(29-2)7-5-16/h3-8,13H,9-12,14H2,1-2H3,(H,24,26). The molecule has 2 aromatic rings. The molecule has 3 amide bonds. The Balaban J connectivity index is 1.54. The SMILES string of the molecule is COc1ccc(C2(CNC(=O)c3ccc4c(c3)C(=O)N(C)C4=O)CCOCC2)cc1. The molecule has 2 aliphatic rings. The van der Waals surface area contributed by atoms with Gasteiger partial charge in [0.25, 0.3) is 17.7 Å². The fourth-order valence-corrected chi connectivity index (χ4v) is 4.13. The van der Waals surface area contributed by atoms with Gasteiger partial charge in [0.15, 0.2) is 0 Å². The van der Waals surface area contributed by atoms with Crippen molar-refractivity contribution in [3.8, 4) is 5.75 Å². The van der Waals surface area contributed by atoms with E-state index in [1.807, 2.05) is 24.3 Å². The van der Waals surface area contributed by atoms with Crippen molar-refractivity contribution in [3.63, 3.8) is 0 Å². The molecular formula is C23H24N2O5. The van der Waals surface area contributed by atoms with Gasteiger partial charge in [0.05, 0.1) is 18.2 Å². The molecule has 0 aliphatic carbocycles. The van der Waals surface area contributed by atoms with E-state index < -0.39 is 0 Å². The second-order valence-corrected chi connectivity index (χ2v) is 7.73. The summed E-state index contributed by atoms with van der Waals surface area (Å²) in [6, 6.07) is 12.5. The molecular weight excluding hydrogens is 384 g/mol. The van der Waals surface area contributed by atoms with Crippen LogP contribution in [-0.2, 0) is 10.2 Å². The number of carbonyl (C=O) groups is 3. The van der Waals surface area contributed by atoms with Gasteiger partial charge >= 0.3 is 0 Å². The van der Waals surface area contributed by atoms with E-state index in [-0.39, 0.29) is 28.7 Å². The van der Waals surface area contributed by atoms with Crippen molar-refractivity contribution < 1.29 is 23.9 Å². The lowest BCUT2D eigenvalue weighted by Gasteiger charge is -2.38. The third-order valence-electron chi connectivity index (χ3n) is 6.09. The van der Waals surface area contributed by atoms with Gasteiger partial charge in [-0.15, -0.1) is 0 Å². The topological polar surface area (TPSA) is 84.9 Å². The number of amides is 3. The molecule has 0 spiro atoms. The zero-order chi connectivity index (χ0) is 21.3. The fraction of sp³-hybridized carbons (Fsp3) is 0.348. The summed E-state index contributed by atoms with van der Waals surface area (Å²) in [5.74, 6) is -0.217. The third-order valence-corrected chi connectivity index (χ3v) is 6.09. The predicted octanol–water partition coefficient (Wildman–Crippen LogP) is 2.40. The molecule has 0 unspecified atom stereocenters. The highest BCUT2D eigenvalue weighted by molar-refractivity contribution is 6.21. The first-order valence-corrected chi connectivity index (χ1v) is 9.92. The van der Waals surface area contributed by atoms with Gasteiger partial charge < -0.3 is 14.8 Å². The Morgan fingerprint density at radius 1 is 1.07 bits per heavy atom. The number of benzene rings is 2. The Morgan fingerprint density at radius 2 is 1.73 bits per heavy atom. The zero-order valence-electron chi connectivity index (χ0n) is 17.1. The van der Waals surface area contributed by atoms with E-state index >= 15 is 0 Å². The van der Waals surface area contributed by atoms with Crippen LogP contribution in [0.1, 0.15) is 49.5 Å². The van der Waals surface area contributed by atoms with Gasteiger partial charge in [0.2, 0.25) is 0 Å². The molecule has 0 atom stereocenters. The van der Waals surface area contributed by atoms with Crippen LogP contribution < -0.4 is 10.1 Å². The van der Waals surface area contributed by atoms with Crippen LogP contribution in [-0.4, -0.2) is 56.5 Å². The maximum Gasteiger partial charge on any atom is 0.261 e. The van der Waals surface area contributed by atoms with Crippen molar-refractivity contribution in [1.82, 2.24) is 10.2 Å². The van der Waals surface area contributed by atoms with Crippen LogP contribution in [0.15, 0.2) is 42.5 Å². The first-order valence-electron chi connectivity index (χ1n) is 9.92. The lowest BCUT2D eigenvalue weighted by Crippen LogP contribution is -2.44. The molecule has 7 heteroatoms. The highest BCUT2D eigenvalue weighted by atomic mass is 16.5. The molecule has 30 heavy (non-hydrogen) atoms. The molecule has 7 nitrogen and oxygen atoms in total. The molecule has 1 fully saturated rings. The number of ether oxygens (including phenoxy) is 2. The molecule has 2 aliphatic heterocycles. The van der Waals surface area contributed by atoms with Gasteiger partial charge in [-0.3, -0.25) is 19.3 Å². The Bertz CT molecular complexity index is 993. The monoisotopic (exact) mass is 408 g/mol. The average molecular weight is 408 g/mol. The minimum absolute atomic E-state index is 0.233. The second kappa shape index (κ2) is 7.91. The van der Waals surface area contributed by atoms with Crippen molar-refractivity contribution in [3.05, 3.63) is 64.7 Å². The molecule has 0 bridgehead atoms. The van der Waals surface area contributed by atoms with Crippen LogP contribution in [0.3, 0.4) is 0 Å². The molecule has 0 saturated carbocycles. The van der Waals surface area contributed by atoms with Crippen molar-refractivity contribution in [2.75, 3.05) is 33.9 Å². The molecule has 2 heterocycles. The van der Waals surface area contributed by atoms with E-state index in [2.05, 4.69) is 5.32 Å². The van der Waals surface area contributed by atoms with Crippen LogP contribution >= 0.6 is 0 Å². The number of methoxy groups -OCH3 is 1. The minimum Gasteiger partial charge on any atom is -0.497 e. The molecule has 1 saturated heterocycles. The number of fused-ring (bicyclic) bond motifs is 1. The van der Waals surface area contributed by atoms with E-state index in [0.29, 0.717) is 30.9 Å². The summed E-state index contributed by atoms with van der Waals surface area (Å²) in [7, 11) is 3.07. The molecule has 4 rings (SSSR count). The van der Waals surface area contributed by atoms with Crippen molar-refractivity contribution in [2.24, 2.45) is 0 Å². The van der Waals surface area contributed by atoms with E-state index in [1.54, 1.807) is 19.2 Å².